The minimum atomic E-state index is -0.656. The van der Waals surface area contributed by atoms with Crippen LogP contribution < -0.4 is 15.5 Å². The lowest BCUT2D eigenvalue weighted by Gasteiger charge is -2.37. The maximum absolute atomic E-state index is 13.2. The van der Waals surface area contributed by atoms with Gasteiger partial charge in [-0.15, -0.1) is 11.3 Å². The molecule has 5 rings (SSSR count). The molecular formula is C36H44N4O5S. The number of carbonyl (C=O) groups is 3. The summed E-state index contributed by atoms with van der Waals surface area (Å²) in [5.41, 5.74) is 4.09. The van der Waals surface area contributed by atoms with Gasteiger partial charge in [0.2, 0.25) is 5.91 Å². The lowest BCUT2D eigenvalue weighted by Crippen LogP contribution is -2.50. The highest BCUT2D eigenvalue weighted by atomic mass is 32.1. The van der Waals surface area contributed by atoms with Gasteiger partial charge in [0.1, 0.15) is 11.2 Å². The Hall–Kier alpha value is -4.31. The van der Waals surface area contributed by atoms with Gasteiger partial charge in [-0.1, -0.05) is 18.2 Å². The second-order valence-corrected chi connectivity index (χ2v) is 14.7. The normalized spacial score (nSPS) is 15.5. The van der Waals surface area contributed by atoms with Crippen molar-refractivity contribution in [1.82, 2.24) is 4.90 Å². The van der Waals surface area contributed by atoms with Gasteiger partial charge < -0.3 is 24.6 Å². The van der Waals surface area contributed by atoms with Crippen LogP contribution in [0.15, 0.2) is 60.0 Å². The molecule has 1 saturated heterocycles. The Balaban J connectivity index is 1.28. The number of benzene rings is 2. The van der Waals surface area contributed by atoms with E-state index in [1.54, 1.807) is 43.1 Å². The zero-order chi connectivity index (χ0) is 33.1. The molecule has 0 radical (unpaired) electrons. The Morgan fingerprint density at radius 3 is 2.20 bits per heavy atom. The number of rotatable bonds is 7. The van der Waals surface area contributed by atoms with Crippen molar-refractivity contribution in [1.29, 1.82) is 0 Å². The summed E-state index contributed by atoms with van der Waals surface area (Å²) in [7, 11) is 0. The van der Waals surface area contributed by atoms with Crippen molar-refractivity contribution in [2.75, 3.05) is 41.7 Å². The minimum Gasteiger partial charge on any atom is -0.444 e. The van der Waals surface area contributed by atoms with E-state index < -0.39 is 17.3 Å². The number of nitrogens with one attached hydrogen (secondary N) is 2. The summed E-state index contributed by atoms with van der Waals surface area (Å²) in [6, 6.07) is 15.8. The van der Waals surface area contributed by atoms with Crippen LogP contribution in [0.4, 0.5) is 26.7 Å². The number of amides is 3. The summed E-state index contributed by atoms with van der Waals surface area (Å²) in [4.78, 5) is 43.4. The number of nitrogens with zero attached hydrogens (tertiary/aromatic N) is 2. The largest absolute Gasteiger partial charge is 0.444 e. The molecule has 3 amide bonds. The van der Waals surface area contributed by atoms with Crippen molar-refractivity contribution in [2.45, 2.75) is 71.5 Å². The first kappa shape index (κ1) is 33.1. The number of ether oxygens (including phenoxy) is 2. The van der Waals surface area contributed by atoms with Crippen LogP contribution in [-0.4, -0.2) is 60.4 Å². The predicted octanol–water partition coefficient (Wildman–Crippen LogP) is 8.35. The summed E-state index contributed by atoms with van der Waals surface area (Å²) in [5, 5.41) is 7.72. The summed E-state index contributed by atoms with van der Waals surface area (Å²) >= 11 is 1.60. The van der Waals surface area contributed by atoms with Gasteiger partial charge in [-0.3, -0.25) is 10.1 Å². The van der Waals surface area contributed by atoms with Crippen LogP contribution in [0.1, 0.15) is 71.4 Å². The predicted molar refractivity (Wildman–Crippen MR) is 186 cm³/mol. The molecule has 0 bridgehead atoms. The lowest BCUT2D eigenvalue weighted by atomic mass is 10.0. The van der Waals surface area contributed by atoms with Crippen LogP contribution in [0.3, 0.4) is 0 Å². The molecule has 0 unspecified atom stereocenters. The molecular weight excluding hydrogens is 600 g/mol. The van der Waals surface area contributed by atoms with Gasteiger partial charge >= 0.3 is 12.2 Å². The molecule has 2 aromatic carbocycles. The number of hydrogen-bond donors (Lipinski definition) is 2. The first-order valence-electron chi connectivity index (χ1n) is 15.8. The quantitative estimate of drug-likeness (QED) is 0.251. The van der Waals surface area contributed by atoms with Crippen LogP contribution in [0.25, 0.3) is 16.5 Å². The van der Waals surface area contributed by atoms with E-state index in [1.165, 1.54) is 17.3 Å². The third kappa shape index (κ3) is 9.13. The minimum absolute atomic E-state index is 0.265. The van der Waals surface area contributed by atoms with Gasteiger partial charge in [0, 0.05) is 42.8 Å². The molecule has 244 valence electrons. The first-order chi connectivity index (χ1) is 21.7. The number of carbonyl (C=O) groups excluding carboxylic acids is 3. The van der Waals surface area contributed by atoms with Gasteiger partial charge in [0.25, 0.3) is 0 Å². The Morgan fingerprint density at radius 1 is 0.848 bits per heavy atom. The zero-order valence-corrected chi connectivity index (χ0v) is 28.3. The molecule has 1 saturated carbocycles. The Kier molecular flexibility index (Phi) is 9.76. The topological polar surface area (TPSA) is 100 Å². The summed E-state index contributed by atoms with van der Waals surface area (Å²) in [5.74, 6) is 0.188. The van der Waals surface area contributed by atoms with Crippen molar-refractivity contribution >= 4 is 52.6 Å². The van der Waals surface area contributed by atoms with E-state index in [0.29, 0.717) is 30.4 Å². The van der Waals surface area contributed by atoms with Crippen molar-refractivity contribution in [3.8, 4) is 10.4 Å². The average molecular weight is 645 g/mol. The molecule has 3 aromatic rings. The second kappa shape index (κ2) is 13.6. The average Bonchev–Trinajstić information content (AvgIpc) is 3.68. The van der Waals surface area contributed by atoms with E-state index in [2.05, 4.69) is 27.7 Å². The van der Waals surface area contributed by atoms with Crippen molar-refractivity contribution in [2.24, 2.45) is 0 Å². The Bertz CT molecular complexity index is 1590. The highest BCUT2D eigenvalue weighted by molar-refractivity contribution is 7.13. The molecule has 1 aliphatic heterocycles. The third-order valence-electron chi connectivity index (χ3n) is 7.49. The molecule has 46 heavy (non-hydrogen) atoms. The van der Waals surface area contributed by atoms with E-state index in [-0.39, 0.29) is 12.0 Å². The van der Waals surface area contributed by atoms with Gasteiger partial charge in [0.15, 0.2) is 0 Å². The van der Waals surface area contributed by atoms with Crippen molar-refractivity contribution in [3.63, 3.8) is 0 Å². The maximum atomic E-state index is 13.2. The smallest absolute Gasteiger partial charge is 0.412 e. The van der Waals surface area contributed by atoms with E-state index in [0.717, 1.165) is 41.9 Å². The zero-order valence-electron chi connectivity index (χ0n) is 27.5. The Labute approximate surface area is 275 Å². The monoisotopic (exact) mass is 644 g/mol. The van der Waals surface area contributed by atoms with Gasteiger partial charge in [-0.25, -0.2) is 9.59 Å². The standard InChI is InChI=1S/C36H44N4O5S/c1-35(2,3)44-33(42)38-28-14-13-26(31-8-7-21-46-31)23-29(28)37-32(41)16-10-24-9-15-30(27(22-24)25-11-12-25)39-17-19-40(20-18-39)34(43)45-36(4,5)6/h7-10,13-16,21-23,25H,11-12,17-20H2,1-6H3,(H,37,41)(H,38,42)/b16-10+. The molecule has 1 aliphatic carbocycles. The molecule has 1 aromatic heterocycles. The number of hydrogen-bond acceptors (Lipinski definition) is 7. The summed E-state index contributed by atoms with van der Waals surface area (Å²) in [6.45, 7) is 13.7. The second-order valence-electron chi connectivity index (χ2n) is 13.7. The van der Waals surface area contributed by atoms with E-state index in [4.69, 9.17) is 9.47 Å². The van der Waals surface area contributed by atoms with Crippen LogP contribution in [0, 0.1) is 0 Å². The summed E-state index contributed by atoms with van der Waals surface area (Å²) in [6.07, 6.45) is 4.76. The highest BCUT2D eigenvalue weighted by Crippen LogP contribution is 2.45. The fraction of sp³-hybridized carbons (Fsp3) is 0.417. The maximum Gasteiger partial charge on any atom is 0.412 e. The SMILES string of the molecule is CC(C)(C)OC(=O)Nc1ccc(-c2cccs2)cc1NC(=O)/C=C/c1ccc(N2CCN(C(=O)OC(C)(C)C)CC2)c(C2CC2)c1. The van der Waals surface area contributed by atoms with E-state index in [9.17, 15) is 14.4 Å². The third-order valence-corrected chi connectivity index (χ3v) is 8.41. The van der Waals surface area contributed by atoms with Gasteiger partial charge in [-0.2, -0.15) is 0 Å². The van der Waals surface area contributed by atoms with Crippen molar-refractivity contribution < 1.29 is 23.9 Å². The molecule has 0 spiro atoms. The van der Waals surface area contributed by atoms with Crippen LogP contribution in [0.5, 0.6) is 0 Å². The molecule has 2 aliphatic rings. The van der Waals surface area contributed by atoms with Crippen molar-refractivity contribution in [3.05, 3.63) is 71.1 Å². The number of anilines is 3. The molecule has 2 heterocycles. The number of piperazine rings is 1. The fourth-order valence-corrected chi connectivity index (χ4v) is 5.98. The molecule has 9 nitrogen and oxygen atoms in total. The van der Waals surface area contributed by atoms with Crippen LogP contribution >= 0.6 is 11.3 Å². The van der Waals surface area contributed by atoms with Crippen LogP contribution in [0.2, 0.25) is 0 Å². The van der Waals surface area contributed by atoms with E-state index in [1.807, 2.05) is 62.6 Å². The molecule has 2 N–H and O–H groups in total. The molecule has 2 fully saturated rings. The fourth-order valence-electron chi connectivity index (χ4n) is 5.26. The van der Waals surface area contributed by atoms with Gasteiger partial charge in [-0.05, 0) is 119 Å². The first-order valence-corrected chi connectivity index (χ1v) is 16.7. The van der Waals surface area contributed by atoms with Crippen LogP contribution in [-0.2, 0) is 14.3 Å². The Morgan fingerprint density at radius 2 is 1.57 bits per heavy atom. The van der Waals surface area contributed by atoms with Gasteiger partial charge in [0.05, 0.1) is 11.4 Å². The highest BCUT2D eigenvalue weighted by Gasteiger charge is 2.31. The molecule has 10 heteroatoms. The number of thiophene rings is 1. The molecule has 0 atom stereocenters. The lowest BCUT2D eigenvalue weighted by molar-refractivity contribution is -0.111. The summed E-state index contributed by atoms with van der Waals surface area (Å²) < 4.78 is 11.0. The van der Waals surface area contributed by atoms with E-state index >= 15 is 0 Å².